The van der Waals surface area contributed by atoms with Gasteiger partial charge in [-0.1, -0.05) is 13.3 Å². The molecular formula is C10H17NO2. The van der Waals surface area contributed by atoms with Crippen LogP contribution < -0.4 is 5.32 Å². The normalized spacial score (nSPS) is 38.5. The van der Waals surface area contributed by atoms with Crippen LogP contribution in [0.5, 0.6) is 0 Å². The summed E-state index contributed by atoms with van der Waals surface area (Å²) in [6.45, 7) is 2.79. The van der Waals surface area contributed by atoms with Gasteiger partial charge in [0.05, 0.1) is 12.0 Å². The van der Waals surface area contributed by atoms with E-state index in [1.807, 2.05) is 0 Å². The van der Waals surface area contributed by atoms with Crippen molar-refractivity contribution in [2.45, 2.75) is 44.7 Å². The van der Waals surface area contributed by atoms with E-state index in [1.54, 1.807) is 0 Å². The smallest absolute Gasteiger partial charge is 0.310 e. The highest BCUT2D eigenvalue weighted by Gasteiger charge is 2.40. The molecule has 2 aliphatic heterocycles. The maximum Gasteiger partial charge on any atom is 0.310 e. The predicted molar refractivity (Wildman–Crippen MR) is 49.3 cm³/mol. The molecule has 0 amide bonds. The monoisotopic (exact) mass is 183 g/mol. The van der Waals surface area contributed by atoms with Crippen LogP contribution in [0.3, 0.4) is 0 Å². The summed E-state index contributed by atoms with van der Waals surface area (Å²) in [5, 5.41) is 3.50. The summed E-state index contributed by atoms with van der Waals surface area (Å²) < 4.78 is 5.02. The van der Waals surface area contributed by atoms with E-state index in [0.717, 1.165) is 12.8 Å². The molecule has 0 aromatic carbocycles. The summed E-state index contributed by atoms with van der Waals surface area (Å²) in [7, 11) is 0. The number of rotatable bonds is 2. The van der Waals surface area contributed by atoms with Crippen LogP contribution in [0.4, 0.5) is 0 Å². The molecule has 0 aliphatic carbocycles. The van der Waals surface area contributed by atoms with Crippen molar-refractivity contribution in [3.8, 4) is 0 Å². The van der Waals surface area contributed by atoms with Crippen molar-refractivity contribution < 1.29 is 9.53 Å². The average Bonchev–Trinajstić information content (AvgIpc) is 2.48. The van der Waals surface area contributed by atoms with Crippen LogP contribution in [0.2, 0.25) is 0 Å². The lowest BCUT2D eigenvalue weighted by Crippen LogP contribution is -2.47. The minimum Gasteiger partial charge on any atom is -0.464 e. The molecule has 0 saturated carbocycles. The summed E-state index contributed by atoms with van der Waals surface area (Å²) in [5.74, 6) is 0.153. The van der Waals surface area contributed by atoms with Crippen LogP contribution in [-0.4, -0.2) is 24.7 Å². The van der Waals surface area contributed by atoms with Crippen LogP contribution in [0.1, 0.15) is 32.6 Å². The third-order valence-electron chi connectivity index (χ3n) is 3.11. The summed E-state index contributed by atoms with van der Waals surface area (Å²) in [5.41, 5.74) is 0. The van der Waals surface area contributed by atoms with Gasteiger partial charge in [-0.2, -0.15) is 0 Å². The van der Waals surface area contributed by atoms with E-state index in [1.165, 1.54) is 12.8 Å². The topological polar surface area (TPSA) is 38.3 Å². The fourth-order valence-corrected chi connectivity index (χ4v) is 2.39. The molecule has 0 aromatic rings. The van der Waals surface area contributed by atoms with Crippen molar-refractivity contribution in [3.63, 3.8) is 0 Å². The van der Waals surface area contributed by atoms with Gasteiger partial charge in [-0.25, -0.2) is 0 Å². The van der Waals surface area contributed by atoms with E-state index >= 15 is 0 Å². The maximum absolute atomic E-state index is 11.2. The number of hydrogen-bond acceptors (Lipinski definition) is 3. The highest BCUT2D eigenvalue weighted by molar-refractivity contribution is 5.75. The minimum atomic E-state index is 0.00690. The zero-order valence-electron chi connectivity index (χ0n) is 8.08. The molecule has 74 valence electrons. The Morgan fingerprint density at radius 2 is 2.38 bits per heavy atom. The Morgan fingerprint density at radius 1 is 1.54 bits per heavy atom. The van der Waals surface area contributed by atoms with E-state index in [9.17, 15) is 4.79 Å². The lowest BCUT2D eigenvalue weighted by atomic mass is 9.88. The number of carbonyl (C=O) groups is 1. The van der Waals surface area contributed by atoms with Gasteiger partial charge in [-0.15, -0.1) is 0 Å². The first-order chi connectivity index (χ1) is 6.31. The molecule has 13 heavy (non-hydrogen) atoms. The van der Waals surface area contributed by atoms with Gasteiger partial charge in [0.1, 0.15) is 6.61 Å². The molecule has 2 aliphatic rings. The minimum absolute atomic E-state index is 0.00690. The highest BCUT2D eigenvalue weighted by Crippen LogP contribution is 2.27. The molecule has 3 nitrogen and oxygen atoms in total. The third kappa shape index (κ3) is 1.70. The maximum atomic E-state index is 11.2. The molecular weight excluding hydrogens is 166 g/mol. The molecule has 2 fully saturated rings. The Labute approximate surface area is 78.8 Å². The van der Waals surface area contributed by atoms with E-state index in [-0.39, 0.29) is 11.9 Å². The average molecular weight is 183 g/mol. The Hall–Kier alpha value is -0.570. The Bertz CT molecular complexity index is 205. The zero-order chi connectivity index (χ0) is 9.26. The van der Waals surface area contributed by atoms with Gasteiger partial charge in [0.15, 0.2) is 0 Å². The Kier molecular flexibility index (Phi) is 2.54. The summed E-state index contributed by atoms with van der Waals surface area (Å²) in [6.07, 6.45) is 4.58. The van der Waals surface area contributed by atoms with Gasteiger partial charge in [-0.3, -0.25) is 4.79 Å². The number of piperidine rings is 1. The number of nitrogens with one attached hydrogen (secondary N) is 1. The summed E-state index contributed by atoms with van der Waals surface area (Å²) in [4.78, 5) is 11.2. The van der Waals surface area contributed by atoms with Crippen molar-refractivity contribution in [2.75, 3.05) is 6.61 Å². The molecule has 0 bridgehead atoms. The second-order valence-electron chi connectivity index (χ2n) is 4.07. The van der Waals surface area contributed by atoms with Gasteiger partial charge in [0.25, 0.3) is 0 Å². The van der Waals surface area contributed by atoms with Crippen molar-refractivity contribution in [2.24, 2.45) is 5.92 Å². The number of cyclic esters (lactones) is 1. The number of hydrogen-bond donors (Lipinski definition) is 1. The number of ether oxygens (including phenoxy) is 1. The number of esters is 1. The van der Waals surface area contributed by atoms with E-state index in [4.69, 9.17) is 4.74 Å². The van der Waals surface area contributed by atoms with Gasteiger partial charge in [0.2, 0.25) is 0 Å². The fraction of sp³-hybridized carbons (Fsp3) is 0.900. The van der Waals surface area contributed by atoms with Gasteiger partial charge < -0.3 is 10.1 Å². The lowest BCUT2D eigenvalue weighted by molar-refractivity contribution is -0.141. The van der Waals surface area contributed by atoms with Crippen molar-refractivity contribution >= 4 is 5.97 Å². The zero-order valence-corrected chi connectivity index (χ0v) is 8.08. The second-order valence-corrected chi connectivity index (χ2v) is 4.07. The molecule has 2 saturated heterocycles. The standard InChI is InChI=1S/C10H17NO2/c1-2-3-7-4-5-8-9(11-7)6-13-10(8)12/h7-9,11H,2-6H2,1H3/t7-,8+,9+/m1/s1. The molecule has 2 rings (SSSR count). The first-order valence-electron chi connectivity index (χ1n) is 5.24. The first-order valence-corrected chi connectivity index (χ1v) is 5.24. The van der Waals surface area contributed by atoms with Crippen molar-refractivity contribution in [1.29, 1.82) is 0 Å². The molecule has 3 atom stereocenters. The van der Waals surface area contributed by atoms with Gasteiger partial charge in [0, 0.05) is 6.04 Å². The van der Waals surface area contributed by atoms with E-state index in [0.29, 0.717) is 18.7 Å². The second kappa shape index (κ2) is 3.66. The first kappa shape index (κ1) is 9.00. The van der Waals surface area contributed by atoms with Gasteiger partial charge in [-0.05, 0) is 19.3 Å². The molecule has 3 heteroatoms. The molecule has 0 aromatic heterocycles. The molecule has 0 unspecified atom stereocenters. The molecule has 2 heterocycles. The Balaban J connectivity index is 1.91. The fourth-order valence-electron chi connectivity index (χ4n) is 2.39. The summed E-state index contributed by atoms with van der Waals surface area (Å²) in [6, 6.07) is 0.915. The van der Waals surface area contributed by atoms with Crippen LogP contribution in [0.25, 0.3) is 0 Å². The van der Waals surface area contributed by atoms with E-state index in [2.05, 4.69) is 12.2 Å². The number of carbonyl (C=O) groups excluding carboxylic acids is 1. The largest absolute Gasteiger partial charge is 0.464 e. The van der Waals surface area contributed by atoms with Crippen molar-refractivity contribution in [3.05, 3.63) is 0 Å². The predicted octanol–water partition coefficient (Wildman–Crippen LogP) is 1.08. The highest BCUT2D eigenvalue weighted by atomic mass is 16.5. The third-order valence-corrected chi connectivity index (χ3v) is 3.11. The quantitative estimate of drug-likeness (QED) is 0.651. The van der Waals surface area contributed by atoms with E-state index < -0.39 is 0 Å². The van der Waals surface area contributed by atoms with Crippen LogP contribution in [-0.2, 0) is 9.53 Å². The molecule has 1 N–H and O–H groups in total. The van der Waals surface area contributed by atoms with Crippen LogP contribution in [0.15, 0.2) is 0 Å². The lowest BCUT2D eigenvalue weighted by Gasteiger charge is -2.30. The molecule has 0 radical (unpaired) electrons. The van der Waals surface area contributed by atoms with Crippen molar-refractivity contribution in [1.82, 2.24) is 5.32 Å². The SMILES string of the molecule is CCC[C@@H]1CC[C@@H]2C(=O)OC[C@@H]2N1. The number of fused-ring (bicyclic) bond motifs is 1. The Morgan fingerprint density at radius 3 is 3.15 bits per heavy atom. The van der Waals surface area contributed by atoms with Crippen LogP contribution in [0, 0.1) is 5.92 Å². The van der Waals surface area contributed by atoms with Gasteiger partial charge >= 0.3 is 5.97 Å². The molecule has 0 spiro atoms. The van der Waals surface area contributed by atoms with Crippen LogP contribution >= 0.6 is 0 Å². The summed E-state index contributed by atoms with van der Waals surface area (Å²) >= 11 is 0.